The molecular formula is C8H17N3O. The number of likely N-dealkylation sites (tertiary alicyclic amines) is 1. The van der Waals surface area contributed by atoms with E-state index < -0.39 is 0 Å². The van der Waals surface area contributed by atoms with Crippen molar-refractivity contribution in [1.82, 2.24) is 4.90 Å². The van der Waals surface area contributed by atoms with Crippen LogP contribution in [0.15, 0.2) is 0 Å². The van der Waals surface area contributed by atoms with Gasteiger partial charge in [0.15, 0.2) is 0 Å². The lowest BCUT2D eigenvalue weighted by molar-refractivity contribution is 0.255. The van der Waals surface area contributed by atoms with Crippen molar-refractivity contribution in [3.63, 3.8) is 0 Å². The van der Waals surface area contributed by atoms with Crippen LogP contribution in [0.1, 0.15) is 12.8 Å². The molecule has 0 aliphatic carbocycles. The molecule has 4 N–H and O–H groups in total. The number of nitrogens with zero attached hydrogens (tertiary/aromatic N) is 1. The van der Waals surface area contributed by atoms with Crippen molar-refractivity contribution in [2.24, 2.45) is 11.7 Å². The molecule has 0 spiro atoms. The monoisotopic (exact) mass is 171 g/mol. The summed E-state index contributed by atoms with van der Waals surface area (Å²) < 4.78 is 0. The van der Waals surface area contributed by atoms with Gasteiger partial charge < -0.3 is 10.8 Å². The number of hydrogen-bond acceptors (Lipinski definition) is 3. The Morgan fingerprint density at radius 1 is 1.67 bits per heavy atom. The number of nitrogens with one attached hydrogen (secondary N) is 1. The molecule has 4 heteroatoms. The van der Waals surface area contributed by atoms with E-state index in [-0.39, 0.29) is 12.4 Å². The molecule has 70 valence electrons. The highest BCUT2D eigenvalue weighted by atomic mass is 16.3. The van der Waals surface area contributed by atoms with Crippen molar-refractivity contribution >= 4 is 5.84 Å². The maximum Gasteiger partial charge on any atom is 0.105 e. The van der Waals surface area contributed by atoms with E-state index in [9.17, 15) is 0 Å². The van der Waals surface area contributed by atoms with E-state index >= 15 is 0 Å². The average molecular weight is 171 g/mol. The second-order valence-corrected chi connectivity index (χ2v) is 3.43. The molecule has 0 amide bonds. The molecular weight excluding hydrogens is 154 g/mol. The molecule has 0 aromatic heterocycles. The quantitative estimate of drug-likeness (QED) is 0.399. The summed E-state index contributed by atoms with van der Waals surface area (Å²) in [6.07, 6.45) is 2.02. The summed E-state index contributed by atoms with van der Waals surface area (Å²) in [6.45, 7) is 2.87. The molecule has 1 fully saturated rings. The Kier molecular flexibility index (Phi) is 3.49. The standard InChI is InChI=1S/C8H17N3O/c9-8(10)6-11-3-1-7(5-11)2-4-12/h7,12H,1-6H2,(H3,9,10). The van der Waals surface area contributed by atoms with Crippen LogP contribution in [0.5, 0.6) is 0 Å². The van der Waals surface area contributed by atoms with Crippen LogP contribution in [0.25, 0.3) is 0 Å². The van der Waals surface area contributed by atoms with Gasteiger partial charge in [0.1, 0.15) is 5.84 Å². The van der Waals surface area contributed by atoms with E-state index in [1.807, 2.05) is 0 Å². The third kappa shape index (κ3) is 2.79. The van der Waals surface area contributed by atoms with Gasteiger partial charge in [-0.1, -0.05) is 0 Å². The Hall–Kier alpha value is -0.610. The molecule has 0 saturated carbocycles. The number of rotatable bonds is 4. The predicted molar refractivity (Wildman–Crippen MR) is 48.2 cm³/mol. The second-order valence-electron chi connectivity index (χ2n) is 3.43. The van der Waals surface area contributed by atoms with Gasteiger partial charge in [-0.25, -0.2) is 0 Å². The molecule has 1 atom stereocenters. The molecule has 1 heterocycles. The Bertz CT molecular complexity index is 160. The minimum Gasteiger partial charge on any atom is -0.396 e. The van der Waals surface area contributed by atoms with Crippen molar-refractivity contribution in [3.8, 4) is 0 Å². The fraction of sp³-hybridized carbons (Fsp3) is 0.875. The molecule has 0 aromatic carbocycles. The van der Waals surface area contributed by atoms with Crippen molar-refractivity contribution in [2.75, 3.05) is 26.2 Å². The molecule has 1 aliphatic rings. The van der Waals surface area contributed by atoms with Crippen molar-refractivity contribution in [2.45, 2.75) is 12.8 Å². The van der Waals surface area contributed by atoms with Crippen LogP contribution in [0.4, 0.5) is 0 Å². The summed E-state index contributed by atoms with van der Waals surface area (Å²) in [4.78, 5) is 2.17. The zero-order chi connectivity index (χ0) is 8.97. The fourth-order valence-electron chi connectivity index (χ4n) is 1.72. The first kappa shape index (κ1) is 9.48. The lowest BCUT2D eigenvalue weighted by atomic mass is 10.1. The number of aliphatic hydroxyl groups excluding tert-OH is 1. The molecule has 0 aromatic rings. The minimum atomic E-state index is 0.236. The highest BCUT2D eigenvalue weighted by Gasteiger charge is 2.21. The average Bonchev–Trinajstić information content (AvgIpc) is 2.36. The zero-order valence-electron chi connectivity index (χ0n) is 7.29. The van der Waals surface area contributed by atoms with Crippen LogP contribution in [-0.4, -0.2) is 42.1 Å². The number of aliphatic hydroxyl groups is 1. The summed E-state index contributed by atoms with van der Waals surface area (Å²) in [5, 5.41) is 15.8. The van der Waals surface area contributed by atoms with Crippen LogP contribution in [0.2, 0.25) is 0 Å². The van der Waals surface area contributed by atoms with Crippen LogP contribution in [-0.2, 0) is 0 Å². The normalized spacial score (nSPS) is 24.6. The van der Waals surface area contributed by atoms with Crippen molar-refractivity contribution in [1.29, 1.82) is 5.41 Å². The highest BCUT2D eigenvalue weighted by Crippen LogP contribution is 2.18. The van der Waals surface area contributed by atoms with Gasteiger partial charge in [-0.2, -0.15) is 0 Å². The Morgan fingerprint density at radius 3 is 3.00 bits per heavy atom. The fourth-order valence-corrected chi connectivity index (χ4v) is 1.72. The van der Waals surface area contributed by atoms with Crippen LogP contribution < -0.4 is 5.73 Å². The van der Waals surface area contributed by atoms with Crippen LogP contribution in [0, 0.1) is 11.3 Å². The van der Waals surface area contributed by atoms with Gasteiger partial charge in [0.05, 0.1) is 6.54 Å². The lowest BCUT2D eigenvalue weighted by Crippen LogP contribution is -2.31. The molecule has 1 saturated heterocycles. The first-order chi connectivity index (χ1) is 5.72. The van der Waals surface area contributed by atoms with Crippen molar-refractivity contribution < 1.29 is 5.11 Å². The van der Waals surface area contributed by atoms with Gasteiger partial charge in [-0.3, -0.25) is 10.3 Å². The van der Waals surface area contributed by atoms with E-state index in [2.05, 4.69) is 4.90 Å². The molecule has 0 radical (unpaired) electrons. The number of amidine groups is 1. The highest BCUT2D eigenvalue weighted by molar-refractivity contribution is 5.78. The molecule has 1 unspecified atom stereocenters. The largest absolute Gasteiger partial charge is 0.396 e. The lowest BCUT2D eigenvalue weighted by Gasteiger charge is -2.13. The Balaban J connectivity index is 2.21. The maximum atomic E-state index is 8.71. The Morgan fingerprint density at radius 2 is 2.42 bits per heavy atom. The minimum absolute atomic E-state index is 0.236. The smallest absolute Gasteiger partial charge is 0.105 e. The third-order valence-electron chi connectivity index (χ3n) is 2.30. The molecule has 0 bridgehead atoms. The van der Waals surface area contributed by atoms with Gasteiger partial charge in [0, 0.05) is 13.2 Å². The molecule has 1 aliphatic heterocycles. The van der Waals surface area contributed by atoms with E-state index in [1.54, 1.807) is 0 Å². The SMILES string of the molecule is N=C(N)CN1CCC(CCO)C1. The van der Waals surface area contributed by atoms with E-state index in [0.717, 1.165) is 25.9 Å². The summed E-state index contributed by atoms with van der Waals surface area (Å²) in [5.41, 5.74) is 5.28. The summed E-state index contributed by atoms with van der Waals surface area (Å²) >= 11 is 0. The molecule has 4 nitrogen and oxygen atoms in total. The summed E-state index contributed by atoms with van der Waals surface area (Å²) in [7, 11) is 0. The molecule has 1 rings (SSSR count). The topological polar surface area (TPSA) is 73.3 Å². The number of nitrogens with two attached hydrogens (primary N) is 1. The van der Waals surface area contributed by atoms with E-state index in [0.29, 0.717) is 12.5 Å². The van der Waals surface area contributed by atoms with E-state index in [4.69, 9.17) is 16.2 Å². The maximum absolute atomic E-state index is 8.71. The van der Waals surface area contributed by atoms with Gasteiger partial charge in [0.2, 0.25) is 0 Å². The van der Waals surface area contributed by atoms with Crippen molar-refractivity contribution in [3.05, 3.63) is 0 Å². The van der Waals surface area contributed by atoms with E-state index in [1.165, 1.54) is 0 Å². The van der Waals surface area contributed by atoms with Gasteiger partial charge in [0.25, 0.3) is 0 Å². The summed E-state index contributed by atoms with van der Waals surface area (Å²) in [6, 6.07) is 0. The predicted octanol–water partition coefficient (Wildman–Crippen LogP) is -0.373. The molecule has 12 heavy (non-hydrogen) atoms. The zero-order valence-corrected chi connectivity index (χ0v) is 7.29. The first-order valence-corrected chi connectivity index (χ1v) is 4.38. The first-order valence-electron chi connectivity index (χ1n) is 4.38. The van der Waals surface area contributed by atoms with Crippen LogP contribution >= 0.6 is 0 Å². The number of hydrogen-bond donors (Lipinski definition) is 3. The Labute approximate surface area is 72.9 Å². The van der Waals surface area contributed by atoms with Gasteiger partial charge >= 0.3 is 0 Å². The summed E-state index contributed by atoms with van der Waals surface area (Å²) in [5.74, 6) is 0.842. The van der Waals surface area contributed by atoms with Crippen LogP contribution in [0.3, 0.4) is 0 Å². The van der Waals surface area contributed by atoms with Gasteiger partial charge in [-0.15, -0.1) is 0 Å². The van der Waals surface area contributed by atoms with Gasteiger partial charge in [-0.05, 0) is 25.3 Å². The second kappa shape index (κ2) is 4.42. The third-order valence-corrected chi connectivity index (χ3v) is 2.30.